The van der Waals surface area contributed by atoms with Crippen LogP contribution >= 0.6 is 0 Å². The van der Waals surface area contributed by atoms with Gasteiger partial charge in [0.1, 0.15) is 11.3 Å². The van der Waals surface area contributed by atoms with E-state index in [1.165, 1.54) is 5.57 Å². The zero-order chi connectivity index (χ0) is 12.0. The number of fused-ring (bicyclic) bond motifs is 1. The number of hydrogen-bond donors (Lipinski definition) is 4. The Labute approximate surface area is 96.6 Å². The van der Waals surface area contributed by atoms with Crippen molar-refractivity contribution in [2.75, 3.05) is 18.1 Å². The van der Waals surface area contributed by atoms with Crippen LogP contribution in [0.4, 0.5) is 11.8 Å². The van der Waals surface area contributed by atoms with Gasteiger partial charge in [-0.2, -0.15) is 9.97 Å². The molecule has 7 nitrogen and oxygen atoms in total. The molecule has 2 aromatic rings. The van der Waals surface area contributed by atoms with Crippen LogP contribution in [0.25, 0.3) is 17.2 Å². The summed E-state index contributed by atoms with van der Waals surface area (Å²) in [4.78, 5) is 15.1. The molecule has 1 aliphatic rings. The van der Waals surface area contributed by atoms with Gasteiger partial charge in [0, 0.05) is 12.5 Å². The lowest BCUT2D eigenvalue weighted by molar-refractivity contribution is 0.281. The molecule has 0 spiro atoms. The fraction of sp³-hybridized carbons (Fsp3) is 0.300. The summed E-state index contributed by atoms with van der Waals surface area (Å²) >= 11 is 0. The maximum Gasteiger partial charge on any atom is 0.224 e. The Hall–Kier alpha value is -2.15. The molecule has 17 heavy (non-hydrogen) atoms. The summed E-state index contributed by atoms with van der Waals surface area (Å²) in [6.45, 7) is 0.182. The molecule has 0 aromatic carbocycles. The average molecular weight is 232 g/mol. The van der Waals surface area contributed by atoms with Crippen LogP contribution in [-0.2, 0) is 0 Å². The summed E-state index contributed by atoms with van der Waals surface area (Å²) < 4.78 is 0. The Morgan fingerprint density at radius 1 is 1.35 bits per heavy atom. The molecule has 6 N–H and O–H groups in total. The van der Waals surface area contributed by atoms with Crippen molar-refractivity contribution in [3.05, 3.63) is 11.4 Å². The predicted molar refractivity (Wildman–Crippen MR) is 63.7 cm³/mol. The largest absolute Gasteiger partial charge is 0.396 e. The normalized spacial score (nSPS) is 21.2. The van der Waals surface area contributed by atoms with Crippen molar-refractivity contribution in [1.29, 1.82) is 0 Å². The van der Waals surface area contributed by atoms with E-state index in [1.54, 1.807) is 0 Å². The molecule has 1 saturated carbocycles. The number of aliphatic hydroxyl groups is 1. The van der Waals surface area contributed by atoms with Gasteiger partial charge in [-0.3, -0.25) is 0 Å². The third-order valence-corrected chi connectivity index (χ3v) is 2.80. The van der Waals surface area contributed by atoms with Crippen LogP contribution in [0.1, 0.15) is 12.2 Å². The number of nitrogens with zero attached hydrogens (tertiary/aromatic N) is 3. The van der Waals surface area contributed by atoms with E-state index in [2.05, 4.69) is 19.9 Å². The highest BCUT2D eigenvalue weighted by Gasteiger charge is 2.28. The van der Waals surface area contributed by atoms with Crippen molar-refractivity contribution in [1.82, 2.24) is 19.9 Å². The van der Waals surface area contributed by atoms with Crippen molar-refractivity contribution in [3.63, 3.8) is 0 Å². The first kappa shape index (κ1) is 10.0. The number of imidazole rings is 1. The van der Waals surface area contributed by atoms with E-state index < -0.39 is 0 Å². The second kappa shape index (κ2) is 3.42. The average Bonchev–Trinajstić information content (AvgIpc) is 2.88. The van der Waals surface area contributed by atoms with Crippen molar-refractivity contribution < 1.29 is 5.11 Å². The first-order chi connectivity index (χ1) is 8.17. The third kappa shape index (κ3) is 1.70. The van der Waals surface area contributed by atoms with Gasteiger partial charge in [0.05, 0.1) is 0 Å². The minimum absolute atomic E-state index is 0.111. The molecule has 7 heteroatoms. The maximum absolute atomic E-state index is 8.94. The summed E-state index contributed by atoms with van der Waals surface area (Å²) in [6, 6.07) is 0. The van der Waals surface area contributed by atoms with Crippen LogP contribution in [0.15, 0.2) is 5.57 Å². The SMILES string of the molecule is Nc1nc(N)c2[nH]c(C=C3CC3CO)nc2n1. The fourth-order valence-electron chi connectivity index (χ4n) is 1.78. The Morgan fingerprint density at radius 2 is 2.18 bits per heavy atom. The third-order valence-electron chi connectivity index (χ3n) is 2.80. The lowest BCUT2D eigenvalue weighted by Crippen LogP contribution is -1.99. The standard InChI is InChI=1S/C10H12N6O/c11-8-7-9(16-10(12)15-8)14-6(13-7)2-4-1-5(4)3-17/h2,5,17H,1,3H2,(H5,11,12,13,14,15,16). The molecule has 1 aliphatic carbocycles. The van der Waals surface area contributed by atoms with Gasteiger partial charge in [0.2, 0.25) is 5.95 Å². The molecular weight excluding hydrogens is 220 g/mol. The van der Waals surface area contributed by atoms with Gasteiger partial charge in [-0.15, -0.1) is 0 Å². The summed E-state index contributed by atoms with van der Waals surface area (Å²) in [5.41, 5.74) is 13.4. The van der Waals surface area contributed by atoms with E-state index in [9.17, 15) is 0 Å². The summed E-state index contributed by atoms with van der Waals surface area (Å²) in [5.74, 6) is 1.34. The van der Waals surface area contributed by atoms with Crippen LogP contribution < -0.4 is 11.5 Å². The van der Waals surface area contributed by atoms with Crippen LogP contribution in [0.2, 0.25) is 0 Å². The number of aromatic nitrogens is 4. The van der Waals surface area contributed by atoms with Gasteiger partial charge in [0.25, 0.3) is 0 Å². The Balaban J connectivity index is 2.03. The van der Waals surface area contributed by atoms with E-state index >= 15 is 0 Å². The number of rotatable bonds is 2. The molecule has 1 fully saturated rings. The van der Waals surface area contributed by atoms with E-state index in [1.807, 2.05) is 6.08 Å². The highest BCUT2D eigenvalue weighted by atomic mass is 16.3. The number of H-pyrrole nitrogens is 1. The molecular formula is C10H12N6O. The number of nitrogens with two attached hydrogens (primary N) is 2. The van der Waals surface area contributed by atoms with Gasteiger partial charge in [0.15, 0.2) is 11.5 Å². The van der Waals surface area contributed by atoms with E-state index in [-0.39, 0.29) is 18.5 Å². The molecule has 0 aliphatic heterocycles. The second-order valence-electron chi connectivity index (χ2n) is 4.09. The van der Waals surface area contributed by atoms with Gasteiger partial charge < -0.3 is 21.6 Å². The van der Waals surface area contributed by atoms with Crippen LogP contribution in [0, 0.1) is 5.92 Å². The van der Waals surface area contributed by atoms with E-state index in [4.69, 9.17) is 16.6 Å². The molecule has 1 unspecified atom stereocenters. The Morgan fingerprint density at radius 3 is 2.88 bits per heavy atom. The van der Waals surface area contributed by atoms with Gasteiger partial charge in [-0.25, -0.2) is 4.98 Å². The van der Waals surface area contributed by atoms with Crippen molar-refractivity contribution in [2.24, 2.45) is 5.92 Å². The lowest BCUT2D eigenvalue weighted by atomic mass is 10.4. The number of nitrogens with one attached hydrogen (secondary N) is 1. The van der Waals surface area contributed by atoms with Crippen molar-refractivity contribution in [3.8, 4) is 0 Å². The first-order valence-corrected chi connectivity index (χ1v) is 5.27. The number of aromatic amines is 1. The summed E-state index contributed by atoms with van der Waals surface area (Å²) in [6.07, 6.45) is 2.81. The predicted octanol–water partition coefficient (Wildman–Crippen LogP) is -0.0871. The molecule has 1 atom stereocenters. The monoisotopic (exact) mass is 232 g/mol. The molecule has 0 radical (unpaired) electrons. The summed E-state index contributed by atoms with van der Waals surface area (Å²) in [7, 11) is 0. The van der Waals surface area contributed by atoms with E-state index in [0.717, 1.165) is 6.42 Å². The zero-order valence-corrected chi connectivity index (χ0v) is 9.01. The molecule has 88 valence electrons. The van der Waals surface area contributed by atoms with Crippen molar-refractivity contribution >= 4 is 29.0 Å². The number of anilines is 2. The Bertz CT molecular complexity index is 617. The maximum atomic E-state index is 8.94. The molecule has 0 bridgehead atoms. The van der Waals surface area contributed by atoms with Crippen LogP contribution in [0.5, 0.6) is 0 Å². The molecule has 3 rings (SSSR count). The number of hydrogen-bond acceptors (Lipinski definition) is 6. The minimum atomic E-state index is 0.111. The molecule has 2 aromatic heterocycles. The highest BCUT2D eigenvalue weighted by molar-refractivity contribution is 5.83. The van der Waals surface area contributed by atoms with E-state index in [0.29, 0.717) is 22.8 Å². The minimum Gasteiger partial charge on any atom is -0.396 e. The first-order valence-electron chi connectivity index (χ1n) is 5.27. The lowest BCUT2D eigenvalue weighted by Gasteiger charge is -1.94. The smallest absolute Gasteiger partial charge is 0.224 e. The van der Waals surface area contributed by atoms with Crippen molar-refractivity contribution in [2.45, 2.75) is 6.42 Å². The number of aliphatic hydroxyl groups excluding tert-OH is 1. The van der Waals surface area contributed by atoms with Gasteiger partial charge in [-0.05, 0) is 12.5 Å². The quantitative estimate of drug-likeness (QED) is 0.573. The molecule has 0 amide bonds. The highest BCUT2D eigenvalue weighted by Crippen LogP contribution is 2.38. The van der Waals surface area contributed by atoms with Gasteiger partial charge >= 0.3 is 0 Å². The summed E-state index contributed by atoms with van der Waals surface area (Å²) in [5, 5.41) is 8.94. The van der Waals surface area contributed by atoms with Crippen LogP contribution in [-0.4, -0.2) is 31.6 Å². The van der Waals surface area contributed by atoms with Crippen LogP contribution in [0.3, 0.4) is 0 Å². The fourth-order valence-corrected chi connectivity index (χ4v) is 1.78. The Kier molecular flexibility index (Phi) is 2.02. The molecule has 2 heterocycles. The van der Waals surface area contributed by atoms with Gasteiger partial charge in [-0.1, -0.05) is 5.57 Å². The second-order valence-corrected chi connectivity index (χ2v) is 4.09. The topological polar surface area (TPSA) is 127 Å². The number of nitrogen functional groups attached to an aromatic ring is 2. The zero-order valence-electron chi connectivity index (χ0n) is 9.01. The molecule has 0 saturated heterocycles.